The quantitative estimate of drug-likeness (QED) is 0.0222. The fraction of sp³-hybridized carbons (Fsp3) is 0.947. The lowest BCUT2D eigenvalue weighted by Gasteiger charge is -2.21. The number of ether oxygens (including phenoxy) is 4. The van der Waals surface area contributed by atoms with Crippen molar-refractivity contribution >= 4 is 39.5 Å². The van der Waals surface area contributed by atoms with Gasteiger partial charge >= 0.3 is 39.5 Å². The summed E-state index contributed by atoms with van der Waals surface area (Å²) in [5.74, 6) is 0.205. The van der Waals surface area contributed by atoms with Crippen molar-refractivity contribution in [1.82, 2.24) is 0 Å². The van der Waals surface area contributed by atoms with Gasteiger partial charge in [0.25, 0.3) is 0 Å². The van der Waals surface area contributed by atoms with E-state index in [4.69, 9.17) is 37.0 Å². The van der Waals surface area contributed by atoms with Crippen LogP contribution in [0.4, 0.5) is 0 Å². The molecule has 0 rings (SSSR count). The van der Waals surface area contributed by atoms with Gasteiger partial charge in [-0.1, -0.05) is 337 Å². The molecule has 0 aromatic rings. The van der Waals surface area contributed by atoms with Gasteiger partial charge in [0.2, 0.25) is 0 Å². The second-order valence-electron chi connectivity index (χ2n) is 28.8. The largest absolute Gasteiger partial charge is 0.472 e. The molecule has 0 radical (unpaired) electrons. The molecule has 17 nitrogen and oxygen atoms in total. The Balaban J connectivity index is 5.24. The molecule has 95 heavy (non-hydrogen) atoms. The van der Waals surface area contributed by atoms with Crippen molar-refractivity contribution < 1.29 is 80.2 Å². The van der Waals surface area contributed by atoms with E-state index in [2.05, 4.69) is 48.5 Å². The highest BCUT2D eigenvalue weighted by Crippen LogP contribution is 2.45. The van der Waals surface area contributed by atoms with Gasteiger partial charge in [0.15, 0.2) is 12.2 Å². The molecule has 0 aromatic carbocycles. The molecular weight excluding hydrogens is 1250 g/mol. The van der Waals surface area contributed by atoms with Gasteiger partial charge in [-0.15, -0.1) is 0 Å². The number of hydrogen-bond donors (Lipinski definition) is 3. The average molecular weight is 1400 g/mol. The number of rotatable bonds is 74. The van der Waals surface area contributed by atoms with E-state index in [1.54, 1.807) is 0 Å². The molecule has 0 aromatic heterocycles. The Labute approximate surface area is 581 Å². The first-order chi connectivity index (χ1) is 45.7. The maximum atomic E-state index is 13.1. The average Bonchev–Trinajstić information content (AvgIpc) is 3.35. The van der Waals surface area contributed by atoms with Gasteiger partial charge in [-0.2, -0.15) is 0 Å². The van der Waals surface area contributed by atoms with Crippen molar-refractivity contribution in [2.24, 2.45) is 17.8 Å². The molecule has 0 heterocycles. The van der Waals surface area contributed by atoms with Crippen LogP contribution in [0, 0.1) is 17.8 Å². The second-order valence-corrected chi connectivity index (χ2v) is 31.7. The third kappa shape index (κ3) is 70.3. The summed E-state index contributed by atoms with van der Waals surface area (Å²) < 4.78 is 68.5. The SMILES string of the molecule is CCCCCCCCCCCCC(=O)OC[C@H](COP(=O)(O)OC[C@H](O)COP(=O)(O)OC[C@@H](COC(=O)CCCCCCCCCCCCCCCC(C)C)OC(=O)CCCCCCCCCCCCCCCCC(C)C)OC(=O)CCCCCCCCCCCC(C)C. The standard InChI is InChI=1S/C76H148O17P2/c1-8-9-10-11-12-13-29-36-43-50-57-73(78)86-63-72(93-76(81)60-53-46-39-32-25-28-35-42-49-56-69(6)7)66-91-95(84,85)89-62-70(77)61-88-94(82,83)90-65-71(64-87-74(79)58-51-44-37-30-23-20-16-18-22-27-34-41-48-55-68(4)5)92-75(80)59-52-45-38-31-24-19-15-14-17-21-26-33-40-47-54-67(2)3/h67-72,77H,8-66H2,1-7H3,(H,82,83)(H,84,85)/t70-,71-,72-/m1/s1. The number of carbonyl (C=O) groups excluding carboxylic acids is 4. The highest BCUT2D eigenvalue weighted by Gasteiger charge is 2.30. The van der Waals surface area contributed by atoms with Gasteiger partial charge in [0.05, 0.1) is 26.4 Å². The van der Waals surface area contributed by atoms with Crippen LogP contribution in [0.5, 0.6) is 0 Å². The Morgan fingerprint density at radius 2 is 0.484 bits per heavy atom. The Morgan fingerprint density at radius 3 is 0.716 bits per heavy atom. The van der Waals surface area contributed by atoms with Gasteiger partial charge in [-0.25, -0.2) is 9.13 Å². The predicted molar refractivity (Wildman–Crippen MR) is 386 cm³/mol. The minimum Gasteiger partial charge on any atom is -0.462 e. The molecule has 564 valence electrons. The van der Waals surface area contributed by atoms with Gasteiger partial charge < -0.3 is 33.8 Å². The summed E-state index contributed by atoms with van der Waals surface area (Å²) in [5.41, 5.74) is 0. The zero-order valence-corrected chi connectivity index (χ0v) is 63.9. The maximum Gasteiger partial charge on any atom is 0.472 e. The molecule has 0 saturated heterocycles. The van der Waals surface area contributed by atoms with Gasteiger partial charge in [-0.3, -0.25) is 37.3 Å². The van der Waals surface area contributed by atoms with Gasteiger partial charge in [0.1, 0.15) is 19.3 Å². The van der Waals surface area contributed by atoms with E-state index in [0.717, 1.165) is 108 Å². The van der Waals surface area contributed by atoms with Crippen LogP contribution in [0.25, 0.3) is 0 Å². The molecule has 0 fully saturated rings. The van der Waals surface area contributed by atoms with Crippen LogP contribution in [-0.4, -0.2) is 96.7 Å². The number of hydrogen-bond acceptors (Lipinski definition) is 15. The Kier molecular flexibility index (Phi) is 65.2. The van der Waals surface area contributed by atoms with E-state index >= 15 is 0 Å². The number of phosphoric ester groups is 2. The predicted octanol–water partition coefficient (Wildman–Crippen LogP) is 22.2. The zero-order chi connectivity index (χ0) is 70.1. The molecule has 0 amide bonds. The summed E-state index contributed by atoms with van der Waals surface area (Å²) in [6, 6.07) is 0. The van der Waals surface area contributed by atoms with E-state index in [0.29, 0.717) is 25.7 Å². The topological polar surface area (TPSA) is 237 Å². The van der Waals surface area contributed by atoms with E-state index in [-0.39, 0.29) is 25.7 Å². The third-order valence-electron chi connectivity index (χ3n) is 17.6. The number of aliphatic hydroxyl groups excluding tert-OH is 1. The van der Waals surface area contributed by atoms with E-state index in [9.17, 15) is 43.2 Å². The van der Waals surface area contributed by atoms with Crippen molar-refractivity contribution in [3.8, 4) is 0 Å². The van der Waals surface area contributed by atoms with Crippen molar-refractivity contribution in [2.75, 3.05) is 39.6 Å². The van der Waals surface area contributed by atoms with Crippen molar-refractivity contribution in [2.45, 2.75) is 407 Å². The Morgan fingerprint density at radius 1 is 0.284 bits per heavy atom. The lowest BCUT2D eigenvalue weighted by molar-refractivity contribution is -0.161. The molecule has 0 aliphatic rings. The van der Waals surface area contributed by atoms with Crippen LogP contribution in [0.15, 0.2) is 0 Å². The summed E-state index contributed by atoms with van der Waals surface area (Å²) >= 11 is 0. The molecule has 0 aliphatic heterocycles. The molecule has 0 aliphatic carbocycles. The first kappa shape index (κ1) is 93.1. The lowest BCUT2D eigenvalue weighted by Crippen LogP contribution is -2.30. The molecule has 3 N–H and O–H groups in total. The summed E-state index contributed by atoms with van der Waals surface area (Å²) in [6.07, 6.45) is 52.6. The van der Waals surface area contributed by atoms with Gasteiger partial charge in [-0.05, 0) is 43.4 Å². The van der Waals surface area contributed by atoms with Crippen molar-refractivity contribution in [3.05, 3.63) is 0 Å². The van der Waals surface area contributed by atoms with Crippen LogP contribution < -0.4 is 0 Å². The first-order valence-corrected chi connectivity index (χ1v) is 42.3. The molecule has 19 heteroatoms. The fourth-order valence-electron chi connectivity index (χ4n) is 11.6. The summed E-state index contributed by atoms with van der Waals surface area (Å²) in [4.78, 5) is 72.8. The summed E-state index contributed by atoms with van der Waals surface area (Å²) in [5, 5.41) is 10.6. The molecule has 2 unspecified atom stereocenters. The van der Waals surface area contributed by atoms with E-state index in [1.165, 1.54) is 199 Å². The molecule has 0 spiro atoms. The molecule has 0 saturated carbocycles. The zero-order valence-electron chi connectivity index (χ0n) is 62.1. The summed E-state index contributed by atoms with van der Waals surface area (Å²) in [6.45, 7) is 11.9. The first-order valence-electron chi connectivity index (χ1n) is 39.3. The number of carbonyl (C=O) groups is 4. The molecule has 0 bridgehead atoms. The lowest BCUT2D eigenvalue weighted by atomic mass is 10.0. The highest BCUT2D eigenvalue weighted by molar-refractivity contribution is 7.47. The highest BCUT2D eigenvalue weighted by atomic mass is 31.2. The maximum absolute atomic E-state index is 13.1. The van der Waals surface area contributed by atoms with Crippen molar-refractivity contribution in [3.63, 3.8) is 0 Å². The minimum absolute atomic E-state index is 0.105. The van der Waals surface area contributed by atoms with E-state index in [1.807, 2.05) is 0 Å². The van der Waals surface area contributed by atoms with Gasteiger partial charge in [0, 0.05) is 25.7 Å². The number of aliphatic hydroxyl groups is 1. The van der Waals surface area contributed by atoms with Crippen LogP contribution in [0.2, 0.25) is 0 Å². The number of esters is 4. The fourth-order valence-corrected chi connectivity index (χ4v) is 13.2. The summed E-state index contributed by atoms with van der Waals surface area (Å²) in [7, 11) is -9.91. The smallest absolute Gasteiger partial charge is 0.462 e. The molecule has 5 atom stereocenters. The van der Waals surface area contributed by atoms with Crippen LogP contribution >= 0.6 is 15.6 Å². The number of phosphoric acid groups is 2. The monoisotopic (exact) mass is 1400 g/mol. The molecular formula is C76H148O17P2. The second kappa shape index (κ2) is 66.6. The number of unbranched alkanes of at least 4 members (excludes halogenated alkanes) is 42. The van der Waals surface area contributed by atoms with Crippen LogP contribution in [0.3, 0.4) is 0 Å². The van der Waals surface area contributed by atoms with Crippen molar-refractivity contribution in [1.29, 1.82) is 0 Å². The van der Waals surface area contributed by atoms with Crippen LogP contribution in [-0.2, 0) is 65.4 Å². The Bertz CT molecular complexity index is 1850. The Hall–Kier alpha value is -1.94. The normalized spacial score (nSPS) is 14.1. The van der Waals surface area contributed by atoms with Crippen LogP contribution in [0.1, 0.15) is 389 Å². The van der Waals surface area contributed by atoms with E-state index < -0.39 is 97.5 Å². The minimum atomic E-state index is -4.96. The third-order valence-corrected chi connectivity index (χ3v) is 19.5.